The van der Waals surface area contributed by atoms with Crippen molar-refractivity contribution in [2.75, 3.05) is 26.7 Å². The molecule has 1 N–H and O–H groups in total. The molecule has 0 spiro atoms. The van der Waals surface area contributed by atoms with Crippen molar-refractivity contribution >= 4 is 5.91 Å². The van der Waals surface area contributed by atoms with E-state index in [0.29, 0.717) is 25.4 Å². The first kappa shape index (κ1) is 17.3. The van der Waals surface area contributed by atoms with Crippen LogP contribution in [0, 0.1) is 17.5 Å². The van der Waals surface area contributed by atoms with E-state index in [9.17, 15) is 18.0 Å². The number of benzene rings is 2. The molecule has 1 aliphatic rings. The molecule has 1 saturated heterocycles. The highest BCUT2D eigenvalue weighted by molar-refractivity contribution is 5.95. The van der Waals surface area contributed by atoms with E-state index in [-0.39, 0.29) is 0 Å². The van der Waals surface area contributed by atoms with Crippen molar-refractivity contribution in [3.05, 3.63) is 65.0 Å². The molecule has 0 aromatic heterocycles. The predicted octanol–water partition coefficient (Wildman–Crippen LogP) is 2.90. The van der Waals surface area contributed by atoms with Gasteiger partial charge in [-0.1, -0.05) is 18.2 Å². The van der Waals surface area contributed by atoms with Gasteiger partial charge >= 0.3 is 0 Å². The maximum absolute atomic E-state index is 14.0. The summed E-state index contributed by atoms with van der Waals surface area (Å²) in [4.78, 5) is 14.2. The second kappa shape index (κ2) is 7.14. The number of para-hydroxylation sites is 1. The molecule has 1 unspecified atom stereocenters. The number of amides is 1. The lowest BCUT2D eigenvalue weighted by Crippen LogP contribution is -2.49. The Balaban J connectivity index is 1.99. The lowest BCUT2D eigenvalue weighted by Gasteiger charge is -2.37. The molecular weight excluding hydrogens is 333 g/mol. The van der Waals surface area contributed by atoms with Crippen LogP contribution in [0.4, 0.5) is 13.2 Å². The topological polar surface area (TPSA) is 41.6 Å². The van der Waals surface area contributed by atoms with E-state index in [1.54, 1.807) is 12.1 Å². The molecule has 1 atom stereocenters. The van der Waals surface area contributed by atoms with Gasteiger partial charge in [0.15, 0.2) is 17.5 Å². The van der Waals surface area contributed by atoms with Gasteiger partial charge in [0.2, 0.25) is 0 Å². The van der Waals surface area contributed by atoms with E-state index < -0.39 is 35.0 Å². The van der Waals surface area contributed by atoms with Gasteiger partial charge in [0.1, 0.15) is 5.75 Å². The summed E-state index contributed by atoms with van der Waals surface area (Å²) in [5.41, 5.74) is 0.272. The molecule has 3 rings (SSSR count). The Hall–Kier alpha value is -2.54. The molecule has 0 saturated carbocycles. The van der Waals surface area contributed by atoms with Crippen molar-refractivity contribution in [3.8, 4) is 5.75 Å². The van der Waals surface area contributed by atoms with Gasteiger partial charge < -0.3 is 15.0 Å². The Morgan fingerprint density at radius 1 is 1.16 bits per heavy atom. The van der Waals surface area contributed by atoms with Crippen LogP contribution in [0.15, 0.2) is 36.4 Å². The van der Waals surface area contributed by atoms with Crippen LogP contribution >= 0.6 is 0 Å². The minimum Gasteiger partial charge on any atom is -0.496 e. The molecule has 2 aromatic carbocycles. The minimum absolute atomic E-state index is 0.306. The van der Waals surface area contributed by atoms with Gasteiger partial charge in [-0.2, -0.15) is 0 Å². The van der Waals surface area contributed by atoms with Gasteiger partial charge in [-0.05, 0) is 18.2 Å². The zero-order valence-electron chi connectivity index (χ0n) is 13.6. The molecule has 0 radical (unpaired) electrons. The molecular formula is C18H17F3N2O2. The van der Waals surface area contributed by atoms with Crippen molar-refractivity contribution in [1.82, 2.24) is 10.2 Å². The monoisotopic (exact) mass is 350 g/mol. The highest BCUT2D eigenvalue weighted by Gasteiger charge is 2.32. The number of ether oxygens (including phenoxy) is 1. The molecule has 1 aliphatic heterocycles. The largest absolute Gasteiger partial charge is 0.496 e. The standard InChI is InChI=1S/C18H17F3N2O2/c1-25-15-5-3-2-4-11(15)14-10-22-8-9-23(14)18(24)12-6-7-13(19)17(21)16(12)20/h2-7,14,22H,8-10H2,1H3. The summed E-state index contributed by atoms with van der Waals surface area (Å²) in [6.07, 6.45) is 0. The van der Waals surface area contributed by atoms with Gasteiger partial charge in [-0.3, -0.25) is 4.79 Å². The number of carbonyl (C=O) groups is 1. The predicted molar refractivity (Wildman–Crippen MR) is 86.0 cm³/mol. The third-order valence-electron chi connectivity index (χ3n) is 4.27. The first-order valence-electron chi connectivity index (χ1n) is 7.82. The van der Waals surface area contributed by atoms with E-state index in [4.69, 9.17) is 4.74 Å². The molecule has 25 heavy (non-hydrogen) atoms. The van der Waals surface area contributed by atoms with Crippen LogP contribution in [0.1, 0.15) is 22.0 Å². The second-order valence-electron chi connectivity index (χ2n) is 5.68. The van der Waals surface area contributed by atoms with Crippen LogP contribution in [0.25, 0.3) is 0 Å². The molecule has 132 valence electrons. The van der Waals surface area contributed by atoms with Crippen LogP contribution in [-0.4, -0.2) is 37.6 Å². The lowest BCUT2D eigenvalue weighted by atomic mass is 10.0. The number of methoxy groups -OCH3 is 1. The van der Waals surface area contributed by atoms with E-state index in [0.717, 1.165) is 17.7 Å². The fourth-order valence-corrected chi connectivity index (χ4v) is 3.01. The average Bonchev–Trinajstić information content (AvgIpc) is 2.65. The summed E-state index contributed by atoms with van der Waals surface area (Å²) >= 11 is 0. The zero-order chi connectivity index (χ0) is 18.0. The number of piperazine rings is 1. The van der Waals surface area contributed by atoms with Crippen LogP contribution < -0.4 is 10.1 Å². The van der Waals surface area contributed by atoms with E-state index in [1.807, 2.05) is 12.1 Å². The highest BCUT2D eigenvalue weighted by atomic mass is 19.2. The first-order valence-corrected chi connectivity index (χ1v) is 7.82. The summed E-state index contributed by atoms with van der Waals surface area (Å²) in [6.45, 7) is 1.26. The number of halogens is 3. The number of rotatable bonds is 3. The first-order chi connectivity index (χ1) is 12.0. The number of nitrogens with one attached hydrogen (secondary N) is 1. The van der Waals surface area contributed by atoms with Crippen molar-refractivity contribution in [2.45, 2.75) is 6.04 Å². The van der Waals surface area contributed by atoms with Crippen molar-refractivity contribution in [1.29, 1.82) is 0 Å². The highest BCUT2D eigenvalue weighted by Crippen LogP contribution is 2.31. The van der Waals surface area contributed by atoms with Crippen LogP contribution in [-0.2, 0) is 0 Å². The number of hydrogen-bond donors (Lipinski definition) is 1. The summed E-state index contributed by atoms with van der Waals surface area (Å²) in [7, 11) is 1.52. The lowest BCUT2D eigenvalue weighted by molar-refractivity contribution is 0.0625. The number of nitrogens with zero attached hydrogens (tertiary/aromatic N) is 1. The third-order valence-corrected chi connectivity index (χ3v) is 4.27. The summed E-state index contributed by atoms with van der Waals surface area (Å²) in [6, 6.07) is 8.52. The summed E-state index contributed by atoms with van der Waals surface area (Å²) in [5.74, 6) is -4.53. The van der Waals surface area contributed by atoms with E-state index in [1.165, 1.54) is 12.0 Å². The van der Waals surface area contributed by atoms with Gasteiger partial charge in [0.05, 0.1) is 18.7 Å². The smallest absolute Gasteiger partial charge is 0.257 e. The Bertz CT molecular complexity index is 798. The molecule has 1 amide bonds. The molecule has 0 bridgehead atoms. The van der Waals surface area contributed by atoms with Gasteiger partial charge in [-0.15, -0.1) is 0 Å². The average molecular weight is 350 g/mol. The van der Waals surface area contributed by atoms with Crippen molar-refractivity contribution < 1.29 is 22.7 Å². The minimum atomic E-state index is -1.64. The molecule has 1 fully saturated rings. The maximum atomic E-state index is 14.0. The van der Waals surface area contributed by atoms with Gasteiger partial charge in [-0.25, -0.2) is 13.2 Å². The number of hydrogen-bond acceptors (Lipinski definition) is 3. The number of carbonyl (C=O) groups excluding carboxylic acids is 1. The SMILES string of the molecule is COc1ccccc1C1CNCCN1C(=O)c1ccc(F)c(F)c1F. The van der Waals surface area contributed by atoms with E-state index in [2.05, 4.69) is 5.32 Å². The second-order valence-corrected chi connectivity index (χ2v) is 5.68. The van der Waals surface area contributed by atoms with Crippen LogP contribution in [0.3, 0.4) is 0 Å². The Kier molecular flexibility index (Phi) is 4.94. The van der Waals surface area contributed by atoms with Crippen molar-refractivity contribution in [3.63, 3.8) is 0 Å². The van der Waals surface area contributed by atoms with Gasteiger partial charge in [0, 0.05) is 25.2 Å². The van der Waals surface area contributed by atoms with Crippen LogP contribution in [0.5, 0.6) is 5.75 Å². The van der Waals surface area contributed by atoms with Gasteiger partial charge in [0.25, 0.3) is 5.91 Å². The van der Waals surface area contributed by atoms with E-state index >= 15 is 0 Å². The normalized spacial score (nSPS) is 17.4. The molecule has 4 nitrogen and oxygen atoms in total. The third kappa shape index (κ3) is 3.19. The molecule has 7 heteroatoms. The Labute approximate surface area is 143 Å². The maximum Gasteiger partial charge on any atom is 0.257 e. The molecule has 0 aliphatic carbocycles. The fourth-order valence-electron chi connectivity index (χ4n) is 3.01. The molecule has 1 heterocycles. The summed E-state index contributed by atoms with van der Waals surface area (Å²) < 4.78 is 46.0. The van der Waals surface area contributed by atoms with Crippen molar-refractivity contribution in [2.24, 2.45) is 0 Å². The quantitative estimate of drug-likeness (QED) is 0.866. The fraction of sp³-hybridized carbons (Fsp3) is 0.278. The Morgan fingerprint density at radius 3 is 2.68 bits per heavy atom. The Morgan fingerprint density at radius 2 is 1.92 bits per heavy atom. The summed E-state index contributed by atoms with van der Waals surface area (Å²) in [5, 5.41) is 3.18. The van der Waals surface area contributed by atoms with Crippen LogP contribution in [0.2, 0.25) is 0 Å². The zero-order valence-corrected chi connectivity index (χ0v) is 13.6. The molecule has 2 aromatic rings.